The molecule has 0 saturated heterocycles. The topological polar surface area (TPSA) is 6.48 Å². The first-order chi connectivity index (χ1) is 19.6. The molecule has 0 aliphatic rings. The molecule has 0 radical (unpaired) electrons. The third-order valence-electron chi connectivity index (χ3n) is 6.82. The second kappa shape index (κ2) is 18.6. The van der Waals surface area contributed by atoms with E-state index in [9.17, 15) is 0 Å². The van der Waals surface area contributed by atoms with E-state index in [0.717, 1.165) is 71.6 Å². The van der Waals surface area contributed by atoms with Crippen molar-refractivity contribution in [1.29, 1.82) is 0 Å². The van der Waals surface area contributed by atoms with E-state index in [1.54, 1.807) is 0 Å². The van der Waals surface area contributed by atoms with E-state index < -0.39 is 0 Å². The minimum absolute atomic E-state index is 0.718. The van der Waals surface area contributed by atoms with Crippen molar-refractivity contribution in [2.45, 2.75) is 65.5 Å². The Morgan fingerprint density at radius 2 is 0.950 bits per heavy atom. The Kier molecular flexibility index (Phi) is 14.8. The third-order valence-corrected chi connectivity index (χ3v) is 7.55. The Bertz CT molecular complexity index is 1180. The van der Waals surface area contributed by atoms with Crippen LogP contribution in [0.4, 0.5) is 0 Å². The molecule has 4 heteroatoms. The average molecular weight is 574 g/mol. The fourth-order valence-electron chi connectivity index (χ4n) is 4.48. The fraction of sp³-hybridized carbons (Fsp3) is 0.389. The Morgan fingerprint density at radius 3 is 1.32 bits per heavy atom. The maximum atomic E-state index is 6.42. The lowest BCUT2D eigenvalue weighted by atomic mass is 10.1. The zero-order valence-corrected chi connectivity index (χ0v) is 25.6. The molecule has 0 fully saturated rings. The van der Waals surface area contributed by atoms with Gasteiger partial charge in [-0.2, -0.15) is 0 Å². The molecular weight excluding hydrogens is 531 g/mol. The first kappa shape index (κ1) is 31.8. The van der Waals surface area contributed by atoms with Crippen LogP contribution in [0.2, 0.25) is 10.0 Å². The number of benzene rings is 3. The van der Waals surface area contributed by atoms with Gasteiger partial charge in [0.2, 0.25) is 0 Å². The summed E-state index contributed by atoms with van der Waals surface area (Å²) >= 11 is 12.8. The summed E-state index contributed by atoms with van der Waals surface area (Å²) in [4.78, 5) is 4.78. The molecule has 0 spiro atoms. The second-order valence-corrected chi connectivity index (χ2v) is 11.0. The predicted octanol–water partition coefficient (Wildman–Crippen LogP) is 9.08. The average Bonchev–Trinajstić information content (AvgIpc) is 2.96. The molecule has 0 bridgehead atoms. The van der Waals surface area contributed by atoms with Crippen molar-refractivity contribution in [3.8, 4) is 23.7 Å². The highest BCUT2D eigenvalue weighted by molar-refractivity contribution is 6.31. The van der Waals surface area contributed by atoms with Gasteiger partial charge in [0.05, 0.1) is 13.1 Å². The minimum Gasteiger partial charge on any atom is -0.288 e. The van der Waals surface area contributed by atoms with Crippen LogP contribution < -0.4 is 0 Å². The van der Waals surface area contributed by atoms with Crippen LogP contribution in [-0.2, 0) is 13.1 Å². The Labute approximate surface area is 252 Å². The summed E-state index contributed by atoms with van der Waals surface area (Å²) in [7, 11) is 0. The van der Waals surface area contributed by atoms with E-state index in [-0.39, 0.29) is 0 Å². The highest BCUT2D eigenvalue weighted by Gasteiger charge is 2.08. The largest absolute Gasteiger partial charge is 0.288 e. The van der Waals surface area contributed by atoms with Crippen molar-refractivity contribution < 1.29 is 0 Å². The van der Waals surface area contributed by atoms with E-state index in [1.807, 2.05) is 36.4 Å². The fourth-order valence-corrected chi connectivity index (χ4v) is 4.87. The van der Waals surface area contributed by atoms with Gasteiger partial charge in [0.15, 0.2) is 0 Å². The Balaban J connectivity index is 1.58. The first-order valence-electron chi connectivity index (χ1n) is 14.6. The second-order valence-electron chi connectivity index (χ2n) is 10.2. The first-order valence-corrected chi connectivity index (χ1v) is 15.3. The van der Waals surface area contributed by atoms with Gasteiger partial charge >= 0.3 is 0 Å². The third kappa shape index (κ3) is 11.8. The summed E-state index contributed by atoms with van der Waals surface area (Å²) in [5, 5.41) is 1.64. The van der Waals surface area contributed by atoms with E-state index in [1.165, 1.54) is 38.5 Å². The van der Waals surface area contributed by atoms with Gasteiger partial charge < -0.3 is 0 Å². The molecule has 0 amide bonds. The van der Waals surface area contributed by atoms with Crippen molar-refractivity contribution in [2.24, 2.45) is 0 Å². The summed E-state index contributed by atoms with van der Waals surface area (Å²) in [6.07, 6.45) is 7.21. The normalized spacial score (nSPS) is 10.8. The maximum absolute atomic E-state index is 6.42. The van der Waals surface area contributed by atoms with E-state index in [4.69, 9.17) is 23.2 Å². The highest BCUT2D eigenvalue weighted by Crippen LogP contribution is 2.18. The standard InChI is InChI=1S/C36H42Cl2N2/c1-3-5-11-25-39(29-33-17-7-9-19-35(33)37)27-13-15-31-21-23-32(24-22-31)16-14-28-40(26-12-6-4-2)30-34-18-8-10-20-36(34)38/h7-10,17-24H,3-6,11-12,25-30H2,1-2H3. The molecule has 0 heterocycles. The lowest BCUT2D eigenvalue weighted by Crippen LogP contribution is -2.25. The lowest BCUT2D eigenvalue weighted by Gasteiger charge is -2.20. The van der Waals surface area contributed by atoms with Gasteiger partial charge in [0, 0.05) is 34.3 Å². The van der Waals surface area contributed by atoms with Gasteiger partial charge in [0.25, 0.3) is 0 Å². The van der Waals surface area contributed by atoms with E-state index in [2.05, 4.69) is 83.7 Å². The molecule has 40 heavy (non-hydrogen) atoms. The Morgan fingerprint density at radius 1 is 0.550 bits per heavy atom. The van der Waals surface area contributed by atoms with Gasteiger partial charge in [-0.05, 0) is 73.5 Å². The van der Waals surface area contributed by atoms with Crippen LogP contribution in [0.1, 0.15) is 74.6 Å². The number of halogens is 2. The van der Waals surface area contributed by atoms with Crippen LogP contribution in [0.15, 0.2) is 72.8 Å². The zero-order valence-electron chi connectivity index (χ0n) is 24.1. The lowest BCUT2D eigenvalue weighted by molar-refractivity contribution is 0.291. The van der Waals surface area contributed by atoms with Crippen molar-refractivity contribution in [1.82, 2.24) is 9.80 Å². The summed E-state index contributed by atoms with van der Waals surface area (Å²) < 4.78 is 0. The number of nitrogens with zero attached hydrogens (tertiary/aromatic N) is 2. The predicted molar refractivity (Wildman–Crippen MR) is 173 cm³/mol. The van der Waals surface area contributed by atoms with Gasteiger partial charge in [-0.3, -0.25) is 9.80 Å². The summed E-state index contributed by atoms with van der Waals surface area (Å²) in [6, 6.07) is 24.4. The number of rotatable bonds is 14. The van der Waals surface area contributed by atoms with Crippen LogP contribution >= 0.6 is 23.2 Å². The molecule has 0 saturated carbocycles. The quantitative estimate of drug-likeness (QED) is 0.140. The van der Waals surface area contributed by atoms with Crippen LogP contribution in [0.3, 0.4) is 0 Å². The smallest absolute Gasteiger partial charge is 0.0608 e. The molecule has 0 N–H and O–H groups in total. The zero-order chi connectivity index (χ0) is 28.4. The SMILES string of the molecule is CCCCCN(CC#Cc1ccc(C#CCN(CCCCC)Cc2ccccc2Cl)cc1)Cc1ccccc1Cl. The summed E-state index contributed by atoms with van der Waals surface area (Å²) in [5.74, 6) is 13.4. The maximum Gasteiger partial charge on any atom is 0.0608 e. The number of hydrogen-bond acceptors (Lipinski definition) is 2. The van der Waals surface area contributed by atoms with Crippen molar-refractivity contribution >= 4 is 23.2 Å². The van der Waals surface area contributed by atoms with Crippen LogP contribution in [-0.4, -0.2) is 36.0 Å². The van der Waals surface area contributed by atoms with Crippen LogP contribution in [0, 0.1) is 23.7 Å². The molecule has 3 aromatic rings. The summed E-state index contributed by atoms with van der Waals surface area (Å²) in [6.45, 7) is 9.58. The van der Waals surface area contributed by atoms with Crippen molar-refractivity contribution in [2.75, 3.05) is 26.2 Å². The molecule has 2 nitrogen and oxygen atoms in total. The molecule has 0 atom stereocenters. The Hall–Kier alpha value is -2.72. The van der Waals surface area contributed by atoms with Gasteiger partial charge in [-0.1, -0.05) is 123 Å². The number of unbranched alkanes of at least 4 members (excludes halogenated alkanes) is 4. The molecule has 3 aromatic carbocycles. The molecule has 210 valence electrons. The van der Waals surface area contributed by atoms with Crippen LogP contribution in [0.25, 0.3) is 0 Å². The molecule has 0 aliphatic heterocycles. The van der Waals surface area contributed by atoms with E-state index >= 15 is 0 Å². The molecule has 0 aliphatic carbocycles. The van der Waals surface area contributed by atoms with Crippen molar-refractivity contribution in [3.05, 3.63) is 105 Å². The van der Waals surface area contributed by atoms with Crippen LogP contribution in [0.5, 0.6) is 0 Å². The molecule has 0 aromatic heterocycles. The van der Waals surface area contributed by atoms with Gasteiger partial charge in [-0.15, -0.1) is 0 Å². The molecular formula is C36H42Cl2N2. The van der Waals surface area contributed by atoms with Crippen molar-refractivity contribution in [3.63, 3.8) is 0 Å². The minimum atomic E-state index is 0.718. The van der Waals surface area contributed by atoms with E-state index in [0.29, 0.717) is 0 Å². The highest BCUT2D eigenvalue weighted by atomic mass is 35.5. The van der Waals surface area contributed by atoms with Gasteiger partial charge in [0.1, 0.15) is 0 Å². The molecule has 0 unspecified atom stereocenters. The summed E-state index contributed by atoms with van der Waals surface area (Å²) in [5.41, 5.74) is 4.33. The molecule has 3 rings (SSSR count). The van der Waals surface area contributed by atoms with Gasteiger partial charge in [-0.25, -0.2) is 0 Å². The number of hydrogen-bond donors (Lipinski definition) is 0. The monoisotopic (exact) mass is 572 g/mol.